The molecule has 2 rings (SSSR count). The predicted molar refractivity (Wildman–Crippen MR) is 77.8 cm³/mol. The second-order valence-electron chi connectivity index (χ2n) is 4.06. The molecule has 0 atom stereocenters. The van der Waals surface area contributed by atoms with Crippen LogP contribution in [0.4, 0.5) is 10.1 Å². The smallest absolute Gasteiger partial charge is 0.335 e. The predicted octanol–water partition coefficient (Wildman–Crippen LogP) is 4.08. The van der Waals surface area contributed by atoms with Crippen LogP contribution >= 0.6 is 23.2 Å². The van der Waals surface area contributed by atoms with Crippen LogP contribution in [0.25, 0.3) is 0 Å². The van der Waals surface area contributed by atoms with E-state index in [-0.39, 0.29) is 26.9 Å². The van der Waals surface area contributed by atoms with E-state index in [4.69, 9.17) is 28.3 Å². The number of carboxylic acid groups (broad SMARTS) is 1. The summed E-state index contributed by atoms with van der Waals surface area (Å²) in [4.78, 5) is 22.8. The first-order valence-electron chi connectivity index (χ1n) is 5.68. The maximum absolute atomic E-state index is 13.3. The standard InChI is InChI=1S/C14H8Cl2FNO3/c15-9-6-7(14(20)21)4-5-11(9)18-13(19)8-2-1-3-10(17)12(8)16/h1-6H,(H,18,19)(H,20,21). The first-order valence-corrected chi connectivity index (χ1v) is 6.44. The number of amides is 1. The van der Waals surface area contributed by atoms with E-state index in [2.05, 4.69) is 5.32 Å². The minimum absolute atomic E-state index is 0.0122. The van der Waals surface area contributed by atoms with Gasteiger partial charge in [-0.25, -0.2) is 9.18 Å². The number of carboxylic acids is 1. The lowest BCUT2D eigenvalue weighted by Crippen LogP contribution is -2.13. The van der Waals surface area contributed by atoms with E-state index in [1.54, 1.807) is 0 Å². The number of hydrogen-bond acceptors (Lipinski definition) is 2. The van der Waals surface area contributed by atoms with Crippen molar-refractivity contribution >= 4 is 40.8 Å². The molecule has 2 aromatic carbocycles. The highest BCUT2D eigenvalue weighted by molar-refractivity contribution is 6.36. The molecule has 1 amide bonds. The topological polar surface area (TPSA) is 66.4 Å². The summed E-state index contributed by atoms with van der Waals surface area (Å²) in [7, 11) is 0. The molecule has 21 heavy (non-hydrogen) atoms. The number of nitrogens with one attached hydrogen (secondary N) is 1. The molecule has 4 nitrogen and oxygen atoms in total. The molecule has 0 radical (unpaired) electrons. The molecular weight excluding hydrogens is 320 g/mol. The molecule has 0 unspecified atom stereocenters. The van der Waals surface area contributed by atoms with Crippen molar-refractivity contribution in [3.8, 4) is 0 Å². The van der Waals surface area contributed by atoms with Gasteiger partial charge in [-0.05, 0) is 30.3 Å². The normalized spacial score (nSPS) is 10.2. The van der Waals surface area contributed by atoms with Crippen molar-refractivity contribution in [1.82, 2.24) is 0 Å². The van der Waals surface area contributed by atoms with Gasteiger partial charge in [0.25, 0.3) is 5.91 Å². The minimum Gasteiger partial charge on any atom is -0.478 e. The molecule has 7 heteroatoms. The van der Waals surface area contributed by atoms with Gasteiger partial charge in [0.1, 0.15) is 5.82 Å². The maximum atomic E-state index is 13.3. The molecule has 0 heterocycles. The summed E-state index contributed by atoms with van der Waals surface area (Å²) in [5.74, 6) is -2.50. The zero-order valence-corrected chi connectivity index (χ0v) is 11.9. The van der Waals surface area contributed by atoms with E-state index in [0.29, 0.717) is 0 Å². The maximum Gasteiger partial charge on any atom is 0.335 e. The van der Waals surface area contributed by atoms with E-state index in [1.165, 1.54) is 30.3 Å². The molecule has 0 aliphatic heterocycles. The van der Waals surface area contributed by atoms with Gasteiger partial charge in [0, 0.05) is 0 Å². The number of aromatic carboxylic acids is 1. The summed E-state index contributed by atoms with van der Waals surface area (Å²) in [6, 6.07) is 7.68. The van der Waals surface area contributed by atoms with Crippen molar-refractivity contribution < 1.29 is 19.1 Å². The highest BCUT2D eigenvalue weighted by atomic mass is 35.5. The second kappa shape index (κ2) is 6.11. The van der Waals surface area contributed by atoms with Gasteiger partial charge < -0.3 is 10.4 Å². The Balaban J connectivity index is 2.28. The average Bonchev–Trinajstić information content (AvgIpc) is 2.43. The number of rotatable bonds is 3. The third-order valence-corrected chi connectivity index (χ3v) is 3.36. The Kier molecular flexibility index (Phi) is 4.45. The Morgan fingerprint density at radius 1 is 1.14 bits per heavy atom. The molecule has 0 fully saturated rings. The third kappa shape index (κ3) is 3.32. The summed E-state index contributed by atoms with van der Waals surface area (Å²) >= 11 is 11.6. The van der Waals surface area contributed by atoms with Gasteiger partial charge in [0.15, 0.2) is 0 Å². The molecule has 0 saturated heterocycles. The number of benzene rings is 2. The summed E-state index contributed by atoms with van der Waals surface area (Å²) in [5, 5.41) is 11.0. The Morgan fingerprint density at radius 3 is 2.48 bits per heavy atom. The van der Waals surface area contributed by atoms with Crippen molar-refractivity contribution in [3.05, 3.63) is 63.4 Å². The van der Waals surface area contributed by atoms with Gasteiger partial charge in [-0.2, -0.15) is 0 Å². The van der Waals surface area contributed by atoms with E-state index in [9.17, 15) is 14.0 Å². The molecule has 0 aromatic heterocycles. The van der Waals surface area contributed by atoms with Crippen molar-refractivity contribution in [1.29, 1.82) is 0 Å². The first-order chi connectivity index (χ1) is 9.90. The summed E-state index contributed by atoms with van der Waals surface area (Å²) in [5.41, 5.74) is 0.142. The van der Waals surface area contributed by atoms with Crippen LogP contribution in [-0.4, -0.2) is 17.0 Å². The molecule has 0 aliphatic rings. The number of carbonyl (C=O) groups excluding carboxylic acids is 1. The van der Waals surface area contributed by atoms with Gasteiger partial charge in [0.2, 0.25) is 0 Å². The zero-order chi connectivity index (χ0) is 15.6. The Bertz CT molecular complexity index is 734. The average molecular weight is 328 g/mol. The Morgan fingerprint density at radius 2 is 1.86 bits per heavy atom. The Hall–Kier alpha value is -2.11. The van der Waals surface area contributed by atoms with Gasteiger partial charge >= 0.3 is 5.97 Å². The zero-order valence-electron chi connectivity index (χ0n) is 10.4. The lowest BCUT2D eigenvalue weighted by atomic mass is 10.1. The fourth-order valence-corrected chi connectivity index (χ4v) is 2.06. The van der Waals surface area contributed by atoms with Crippen molar-refractivity contribution in [2.45, 2.75) is 0 Å². The quantitative estimate of drug-likeness (QED) is 0.892. The van der Waals surface area contributed by atoms with E-state index in [0.717, 1.165) is 6.07 Å². The van der Waals surface area contributed by atoms with Crippen LogP contribution < -0.4 is 5.32 Å². The Labute approximate surface area is 129 Å². The number of anilines is 1. The molecule has 0 spiro atoms. The van der Waals surface area contributed by atoms with Crippen LogP contribution in [-0.2, 0) is 0 Å². The number of hydrogen-bond donors (Lipinski definition) is 2. The molecular formula is C14H8Cl2FNO3. The summed E-state index contributed by atoms with van der Waals surface area (Å²) in [6.07, 6.45) is 0. The van der Waals surface area contributed by atoms with E-state index in [1.807, 2.05) is 0 Å². The van der Waals surface area contributed by atoms with E-state index >= 15 is 0 Å². The largest absolute Gasteiger partial charge is 0.478 e. The van der Waals surface area contributed by atoms with Crippen LogP contribution in [0.15, 0.2) is 36.4 Å². The van der Waals surface area contributed by atoms with E-state index < -0.39 is 17.7 Å². The van der Waals surface area contributed by atoms with Gasteiger partial charge in [-0.1, -0.05) is 29.3 Å². The molecule has 108 valence electrons. The van der Waals surface area contributed by atoms with Crippen LogP contribution in [0, 0.1) is 5.82 Å². The van der Waals surface area contributed by atoms with Crippen molar-refractivity contribution in [2.75, 3.05) is 5.32 Å². The SMILES string of the molecule is O=C(O)c1ccc(NC(=O)c2cccc(F)c2Cl)c(Cl)c1. The monoisotopic (exact) mass is 327 g/mol. The number of carbonyl (C=O) groups is 2. The first kappa shape index (κ1) is 15.3. The molecule has 0 saturated carbocycles. The molecule has 2 N–H and O–H groups in total. The van der Waals surface area contributed by atoms with Crippen LogP contribution in [0.3, 0.4) is 0 Å². The lowest BCUT2D eigenvalue weighted by Gasteiger charge is -2.09. The molecule has 0 bridgehead atoms. The van der Waals surface area contributed by atoms with Crippen LogP contribution in [0.2, 0.25) is 10.0 Å². The van der Waals surface area contributed by atoms with Gasteiger partial charge in [-0.15, -0.1) is 0 Å². The van der Waals surface area contributed by atoms with Crippen molar-refractivity contribution in [3.63, 3.8) is 0 Å². The fourth-order valence-electron chi connectivity index (χ4n) is 1.62. The van der Waals surface area contributed by atoms with Crippen LogP contribution in [0.1, 0.15) is 20.7 Å². The summed E-state index contributed by atoms with van der Waals surface area (Å²) in [6.45, 7) is 0. The molecule has 0 aliphatic carbocycles. The minimum atomic E-state index is -1.14. The number of halogens is 3. The summed E-state index contributed by atoms with van der Waals surface area (Å²) < 4.78 is 13.3. The highest BCUT2D eigenvalue weighted by Crippen LogP contribution is 2.25. The molecule has 2 aromatic rings. The van der Waals surface area contributed by atoms with Gasteiger partial charge in [0.05, 0.1) is 26.9 Å². The van der Waals surface area contributed by atoms with Crippen molar-refractivity contribution in [2.24, 2.45) is 0 Å². The second-order valence-corrected chi connectivity index (χ2v) is 4.84. The fraction of sp³-hybridized carbons (Fsp3) is 0. The van der Waals surface area contributed by atoms with Crippen LogP contribution in [0.5, 0.6) is 0 Å². The van der Waals surface area contributed by atoms with Gasteiger partial charge in [-0.3, -0.25) is 4.79 Å². The highest BCUT2D eigenvalue weighted by Gasteiger charge is 2.15. The third-order valence-electron chi connectivity index (χ3n) is 2.66. The lowest BCUT2D eigenvalue weighted by molar-refractivity contribution is 0.0696.